The van der Waals surface area contributed by atoms with Gasteiger partial charge in [0.05, 0.1) is 6.61 Å². The summed E-state index contributed by atoms with van der Waals surface area (Å²) < 4.78 is 0. The van der Waals surface area contributed by atoms with Gasteiger partial charge in [-0.1, -0.05) is 36.4 Å². The number of hydrogen-bond donors (Lipinski definition) is 3. The van der Waals surface area contributed by atoms with E-state index in [2.05, 4.69) is 58.5 Å². The summed E-state index contributed by atoms with van der Waals surface area (Å²) in [6.45, 7) is 1.09. The molecule has 0 saturated heterocycles. The molecule has 0 spiro atoms. The van der Waals surface area contributed by atoms with Crippen molar-refractivity contribution in [3.8, 4) is 0 Å². The van der Waals surface area contributed by atoms with Gasteiger partial charge in [-0.2, -0.15) is 0 Å². The van der Waals surface area contributed by atoms with Gasteiger partial charge in [0.25, 0.3) is 0 Å². The van der Waals surface area contributed by atoms with Gasteiger partial charge in [-0.25, -0.2) is 0 Å². The van der Waals surface area contributed by atoms with Crippen molar-refractivity contribution < 1.29 is 5.11 Å². The third-order valence-electron chi connectivity index (χ3n) is 7.88. The first-order valence-corrected chi connectivity index (χ1v) is 12.8. The molecule has 162 valence electrons. The Kier molecular flexibility index (Phi) is 6.56. The van der Waals surface area contributed by atoms with E-state index in [-0.39, 0.29) is 12.6 Å². The van der Waals surface area contributed by atoms with Crippen molar-refractivity contribution in [3.05, 3.63) is 58.3 Å². The van der Waals surface area contributed by atoms with E-state index in [0.717, 1.165) is 43.1 Å². The van der Waals surface area contributed by atoms with E-state index < -0.39 is 0 Å². The summed E-state index contributed by atoms with van der Waals surface area (Å²) in [5.41, 5.74) is 1.29. The first-order chi connectivity index (χ1) is 14.8. The van der Waals surface area contributed by atoms with Crippen LogP contribution in [0.3, 0.4) is 0 Å². The third-order valence-corrected chi connectivity index (χ3v) is 8.78. The number of aliphatic hydroxyl groups is 1. The average Bonchev–Trinajstić information content (AvgIpc) is 3.26. The Morgan fingerprint density at radius 1 is 0.867 bits per heavy atom. The monoisotopic (exact) mass is 424 g/mol. The van der Waals surface area contributed by atoms with Gasteiger partial charge in [-0.3, -0.25) is 0 Å². The Balaban J connectivity index is 1.23. The number of hydrogen-bond acceptors (Lipinski definition) is 4. The maximum Gasteiger partial charge on any atom is 0.0587 e. The van der Waals surface area contributed by atoms with Crippen LogP contribution in [0.1, 0.15) is 42.5 Å². The van der Waals surface area contributed by atoms with Crippen LogP contribution in [0.5, 0.6) is 0 Å². The molecule has 1 aromatic heterocycles. The molecule has 2 unspecified atom stereocenters. The largest absolute Gasteiger partial charge is 0.395 e. The second-order valence-electron chi connectivity index (χ2n) is 10.1. The minimum Gasteiger partial charge on any atom is -0.395 e. The minimum absolute atomic E-state index is 0.110. The van der Waals surface area contributed by atoms with Crippen molar-refractivity contribution in [2.75, 3.05) is 13.2 Å². The summed E-state index contributed by atoms with van der Waals surface area (Å²) in [6.07, 6.45) is 9.29. The van der Waals surface area contributed by atoms with E-state index in [0.29, 0.717) is 12.1 Å². The van der Waals surface area contributed by atoms with E-state index in [1.54, 1.807) is 0 Å². The lowest BCUT2D eigenvalue weighted by Gasteiger charge is -2.55. The Morgan fingerprint density at radius 3 is 2.23 bits per heavy atom. The van der Waals surface area contributed by atoms with Crippen LogP contribution < -0.4 is 10.6 Å². The zero-order valence-electron chi connectivity index (χ0n) is 17.9. The van der Waals surface area contributed by atoms with Crippen LogP contribution in [0, 0.1) is 23.7 Å². The fourth-order valence-electron chi connectivity index (χ4n) is 6.74. The van der Waals surface area contributed by atoms with Crippen LogP contribution in [0.25, 0.3) is 0 Å². The average molecular weight is 425 g/mol. The highest BCUT2D eigenvalue weighted by Crippen LogP contribution is 2.53. The summed E-state index contributed by atoms with van der Waals surface area (Å²) in [4.78, 5) is 1.46. The standard InChI is InChI=1S/C26H36N2OS/c29-17-24(14-18-5-2-1-3-6-18)27-16-23(15-25-7-4-8-30-25)28-26-21-10-19-9-20(12-21)13-22(26)11-19/h1-8,19-24,26-29H,9-17H2. The molecular formula is C26H36N2OS. The molecule has 6 rings (SSSR count). The van der Waals surface area contributed by atoms with Gasteiger partial charge >= 0.3 is 0 Å². The quantitative estimate of drug-likeness (QED) is 0.534. The maximum absolute atomic E-state index is 9.96. The molecular weight excluding hydrogens is 388 g/mol. The van der Waals surface area contributed by atoms with Crippen molar-refractivity contribution in [1.29, 1.82) is 0 Å². The number of nitrogens with one attached hydrogen (secondary N) is 2. The zero-order chi connectivity index (χ0) is 20.3. The molecule has 4 fully saturated rings. The van der Waals surface area contributed by atoms with E-state index in [4.69, 9.17) is 0 Å². The topological polar surface area (TPSA) is 44.3 Å². The predicted octanol–water partition coefficient (Wildman–Crippen LogP) is 4.27. The summed E-state index contributed by atoms with van der Waals surface area (Å²) >= 11 is 1.87. The minimum atomic E-state index is 0.110. The molecule has 0 aliphatic heterocycles. The molecule has 0 amide bonds. The van der Waals surface area contributed by atoms with Gasteiger partial charge < -0.3 is 15.7 Å². The number of aliphatic hydroxyl groups excluding tert-OH is 1. The highest BCUT2D eigenvalue weighted by molar-refractivity contribution is 7.09. The van der Waals surface area contributed by atoms with Crippen LogP contribution in [0.2, 0.25) is 0 Å². The highest BCUT2D eigenvalue weighted by atomic mass is 32.1. The number of rotatable bonds is 10. The Labute approximate surface area is 185 Å². The summed E-state index contributed by atoms with van der Waals surface area (Å²) in [6, 6.07) is 16.2. The van der Waals surface area contributed by atoms with Crippen molar-refractivity contribution in [2.45, 2.75) is 63.1 Å². The number of benzene rings is 1. The van der Waals surface area contributed by atoms with Gasteiger partial charge in [0, 0.05) is 29.5 Å². The Hall–Kier alpha value is -1.20. The van der Waals surface area contributed by atoms with Crippen molar-refractivity contribution in [2.24, 2.45) is 23.7 Å². The lowest BCUT2D eigenvalue weighted by molar-refractivity contribution is -0.0177. The second kappa shape index (κ2) is 9.52. The molecule has 3 nitrogen and oxygen atoms in total. The van der Waals surface area contributed by atoms with E-state index >= 15 is 0 Å². The lowest BCUT2D eigenvalue weighted by atomic mass is 9.54. The summed E-state index contributed by atoms with van der Waals surface area (Å²) in [5.74, 6) is 3.82. The van der Waals surface area contributed by atoms with E-state index in [9.17, 15) is 5.11 Å². The molecule has 4 aliphatic carbocycles. The van der Waals surface area contributed by atoms with Crippen molar-refractivity contribution >= 4 is 11.3 Å². The molecule has 4 saturated carbocycles. The fraction of sp³-hybridized carbons (Fsp3) is 0.615. The summed E-state index contributed by atoms with van der Waals surface area (Å²) in [7, 11) is 0. The molecule has 4 heteroatoms. The predicted molar refractivity (Wildman–Crippen MR) is 125 cm³/mol. The van der Waals surface area contributed by atoms with Crippen LogP contribution >= 0.6 is 11.3 Å². The van der Waals surface area contributed by atoms with Crippen LogP contribution in [-0.2, 0) is 12.8 Å². The summed E-state index contributed by atoms with van der Waals surface area (Å²) in [5, 5.41) is 20.0. The van der Waals surface area contributed by atoms with E-state index in [1.807, 2.05) is 11.3 Å². The fourth-order valence-corrected chi connectivity index (χ4v) is 7.53. The smallest absolute Gasteiger partial charge is 0.0587 e. The number of thiophene rings is 1. The molecule has 4 aliphatic rings. The van der Waals surface area contributed by atoms with Gasteiger partial charge in [0.15, 0.2) is 0 Å². The lowest BCUT2D eigenvalue weighted by Crippen LogP contribution is -2.59. The van der Waals surface area contributed by atoms with Crippen LogP contribution in [0.15, 0.2) is 47.8 Å². The van der Waals surface area contributed by atoms with Crippen molar-refractivity contribution in [1.82, 2.24) is 10.6 Å². The van der Waals surface area contributed by atoms with Gasteiger partial charge in [0.1, 0.15) is 0 Å². The zero-order valence-corrected chi connectivity index (χ0v) is 18.7. The molecule has 0 radical (unpaired) electrons. The maximum atomic E-state index is 9.96. The Morgan fingerprint density at radius 2 is 1.60 bits per heavy atom. The molecule has 2 aromatic rings. The second-order valence-corrected chi connectivity index (χ2v) is 11.1. The molecule has 3 N–H and O–H groups in total. The first-order valence-electron chi connectivity index (χ1n) is 11.9. The first kappa shape index (κ1) is 20.7. The normalized spacial score (nSPS) is 31.7. The highest BCUT2D eigenvalue weighted by Gasteiger charge is 2.48. The van der Waals surface area contributed by atoms with Crippen LogP contribution in [0.4, 0.5) is 0 Å². The van der Waals surface area contributed by atoms with Gasteiger partial charge in [-0.15, -0.1) is 11.3 Å². The Bertz CT molecular complexity index is 750. The third kappa shape index (κ3) is 4.83. The molecule has 4 bridgehead atoms. The molecule has 1 aromatic carbocycles. The molecule has 2 atom stereocenters. The van der Waals surface area contributed by atoms with Crippen molar-refractivity contribution in [3.63, 3.8) is 0 Å². The van der Waals surface area contributed by atoms with Gasteiger partial charge in [0.2, 0.25) is 0 Å². The van der Waals surface area contributed by atoms with E-state index in [1.165, 1.54) is 42.5 Å². The van der Waals surface area contributed by atoms with Gasteiger partial charge in [-0.05, 0) is 85.6 Å². The molecule has 1 heterocycles. The SMILES string of the molecule is OCC(Cc1ccccc1)NCC(Cc1cccs1)NC1C2CC3CC(C2)CC1C3. The van der Waals surface area contributed by atoms with Crippen LogP contribution in [-0.4, -0.2) is 36.4 Å². The molecule has 30 heavy (non-hydrogen) atoms.